The molecule has 0 aromatic heterocycles. The van der Waals surface area contributed by atoms with Crippen LogP contribution in [-0.4, -0.2) is 19.4 Å². The Hall–Kier alpha value is 1.33. The van der Waals surface area contributed by atoms with Crippen molar-refractivity contribution in [2.24, 2.45) is 4.74 Å². The minimum atomic E-state index is -0.168. The predicted octanol–water partition coefficient (Wildman–Crippen LogP) is 1.81. The van der Waals surface area contributed by atoms with Gasteiger partial charge < -0.3 is 4.74 Å². The van der Waals surface area contributed by atoms with Gasteiger partial charge in [-0.15, -0.1) is 0 Å². The summed E-state index contributed by atoms with van der Waals surface area (Å²) in [6.07, 6.45) is 4.21. The molecule has 0 aromatic rings. The van der Waals surface area contributed by atoms with Gasteiger partial charge in [-0.1, -0.05) is 0 Å². The van der Waals surface area contributed by atoms with Crippen LogP contribution in [0.2, 0.25) is 0 Å². The van der Waals surface area contributed by atoms with Gasteiger partial charge in [0.05, 0.1) is 0 Å². The van der Waals surface area contributed by atoms with Crippen LogP contribution in [0.15, 0.2) is 4.74 Å². The molecule has 1 heterocycles. The van der Waals surface area contributed by atoms with E-state index in [-0.39, 0.29) is 40.4 Å². The Bertz CT molecular complexity index is 92.4. The molecule has 0 fully saturated rings. The molecule has 1 radical (unpaired) electrons. The van der Waals surface area contributed by atoms with Crippen molar-refractivity contribution in [3.05, 3.63) is 0 Å². The minimum absolute atomic E-state index is 0. The molecule has 45 valence electrons. The third-order valence-corrected chi connectivity index (χ3v) is 3.17. The standard InChI is InChI=1S/C5H12NP.Y/c1-7-5-3-2-4-6-7;/h7H,2-5H2,1H3;. The number of rotatable bonds is 0. The summed E-state index contributed by atoms with van der Waals surface area (Å²) in [5.41, 5.74) is 0. The Labute approximate surface area is 77.0 Å². The van der Waals surface area contributed by atoms with E-state index in [0.717, 1.165) is 6.54 Å². The molecule has 0 spiro atoms. The molecule has 0 saturated carbocycles. The summed E-state index contributed by atoms with van der Waals surface area (Å²) in [5, 5.41) is 0. The second-order valence-electron chi connectivity index (χ2n) is 2.07. The molecule has 0 aromatic carbocycles. The minimum Gasteiger partial charge on any atom is -0.307 e. The molecule has 1 nitrogen and oxygen atoms in total. The molecule has 1 unspecified atom stereocenters. The summed E-state index contributed by atoms with van der Waals surface area (Å²) in [4.78, 5) is 0. The topological polar surface area (TPSA) is 12.4 Å². The maximum Gasteiger partial charge on any atom is 0.0371 e. The maximum atomic E-state index is 4.43. The fourth-order valence-electron chi connectivity index (χ4n) is 0.842. The Kier molecular flexibility index (Phi) is 6.00. The fraction of sp³-hybridized carbons (Fsp3) is 1.00. The van der Waals surface area contributed by atoms with Crippen molar-refractivity contribution in [2.75, 3.05) is 19.4 Å². The van der Waals surface area contributed by atoms with E-state index >= 15 is 0 Å². The first-order chi connectivity index (χ1) is 3.39. The second-order valence-corrected chi connectivity index (χ2v) is 4.36. The van der Waals surface area contributed by atoms with Crippen LogP contribution in [0.5, 0.6) is 0 Å². The smallest absolute Gasteiger partial charge is 0.0371 e. The van der Waals surface area contributed by atoms with Crippen LogP contribution in [0, 0.1) is 0 Å². The maximum absolute atomic E-state index is 4.43. The molecule has 3 heteroatoms. The van der Waals surface area contributed by atoms with Crippen molar-refractivity contribution in [2.45, 2.75) is 12.8 Å². The van der Waals surface area contributed by atoms with Gasteiger partial charge >= 0.3 is 0 Å². The first-order valence-electron chi connectivity index (χ1n) is 2.89. The zero-order valence-corrected chi connectivity index (χ0v) is 9.19. The van der Waals surface area contributed by atoms with Crippen LogP contribution < -0.4 is 0 Å². The number of nitrogens with zero attached hydrogens (tertiary/aromatic N) is 1. The van der Waals surface area contributed by atoms with Gasteiger partial charge in [0.2, 0.25) is 0 Å². The van der Waals surface area contributed by atoms with Crippen LogP contribution in [0.3, 0.4) is 0 Å². The number of hydrogen-bond acceptors (Lipinski definition) is 1. The van der Waals surface area contributed by atoms with Crippen LogP contribution in [0.1, 0.15) is 12.8 Å². The van der Waals surface area contributed by atoms with Gasteiger partial charge in [-0.2, -0.15) is 0 Å². The molecule has 0 amide bonds. The first-order valence-corrected chi connectivity index (χ1v) is 5.05. The van der Waals surface area contributed by atoms with Gasteiger partial charge in [-0.3, -0.25) is 0 Å². The number of hydrogen-bond donors (Lipinski definition) is 0. The summed E-state index contributed by atoms with van der Waals surface area (Å²) in [7, 11) is -0.168. The van der Waals surface area contributed by atoms with Gasteiger partial charge in [0.1, 0.15) is 0 Å². The van der Waals surface area contributed by atoms with Crippen LogP contribution >= 0.6 is 7.71 Å². The molecule has 1 rings (SSSR count). The molecular formula is C5H12NPY. The SMILES string of the molecule is C[PH]1=NCCCC1.[Y]. The first kappa shape index (κ1) is 9.33. The largest absolute Gasteiger partial charge is 0.307 e. The Morgan fingerprint density at radius 2 is 2.12 bits per heavy atom. The van der Waals surface area contributed by atoms with E-state index in [1.807, 2.05) is 0 Å². The van der Waals surface area contributed by atoms with Gasteiger partial charge in [-0.05, 0) is 33.4 Å². The van der Waals surface area contributed by atoms with Gasteiger partial charge in [0.25, 0.3) is 0 Å². The molecule has 1 atom stereocenters. The van der Waals surface area contributed by atoms with Gasteiger partial charge in [0, 0.05) is 39.3 Å². The zero-order valence-electron chi connectivity index (χ0n) is 5.35. The van der Waals surface area contributed by atoms with Crippen molar-refractivity contribution in [1.29, 1.82) is 0 Å². The van der Waals surface area contributed by atoms with E-state index in [0.29, 0.717) is 0 Å². The normalized spacial score (nSPS) is 27.9. The molecule has 1 aliphatic rings. The summed E-state index contributed by atoms with van der Waals surface area (Å²) in [6, 6.07) is 0. The van der Waals surface area contributed by atoms with E-state index in [9.17, 15) is 0 Å². The van der Waals surface area contributed by atoms with Gasteiger partial charge in [-0.25, -0.2) is 0 Å². The van der Waals surface area contributed by atoms with Crippen molar-refractivity contribution >= 4 is 7.71 Å². The third kappa shape index (κ3) is 3.38. The van der Waals surface area contributed by atoms with E-state index in [4.69, 9.17) is 0 Å². The average Bonchev–Trinajstić information content (AvgIpc) is 1.69. The Balaban J connectivity index is 0.000000490. The Morgan fingerprint density at radius 1 is 1.38 bits per heavy atom. The molecule has 0 saturated heterocycles. The second kappa shape index (κ2) is 5.15. The van der Waals surface area contributed by atoms with E-state index in [1.54, 1.807) is 0 Å². The van der Waals surface area contributed by atoms with E-state index in [2.05, 4.69) is 11.4 Å². The molecule has 0 aliphatic carbocycles. The van der Waals surface area contributed by atoms with Crippen molar-refractivity contribution in [3.63, 3.8) is 0 Å². The van der Waals surface area contributed by atoms with Crippen LogP contribution in [0.4, 0.5) is 0 Å². The molecule has 0 N–H and O–H groups in total. The van der Waals surface area contributed by atoms with Crippen molar-refractivity contribution in [1.82, 2.24) is 0 Å². The van der Waals surface area contributed by atoms with Crippen molar-refractivity contribution < 1.29 is 32.7 Å². The fourth-order valence-corrected chi connectivity index (χ4v) is 2.30. The molecule has 0 bridgehead atoms. The summed E-state index contributed by atoms with van der Waals surface area (Å²) >= 11 is 0. The van der Waals surface area contributed by atoms with Crippen LogP contribution in [0.25, 0.3) is 0 Å². The van der Waals surface area contributed by atoms with E-state index < -0.39 is 0 Å². The summed E-state index contributed by atoms with van der Waals surface area (Å²) in [5.74, 6) is 0. The van der Waals surface area contributed by atoms with Gasteiger partial charge in [0.15, 0.2) is 0 Å². The molecule has 1 aliphatic heterocycles. The molecule has 8 heavy (non-hydrogen) atoms. The van der Waals surface area contributed by atoms with E-state index in [1.165, 1.54) is 19.0 Å². The summed E-state index contributed by atoms with van der Waals surface area (Å²) in [6.45, 7) is 3.45. The van der Waals surface area contributed by atoms with Crippen LogP contribution in [-0.2, 0) is 32.7 Å². The molecular weight excluding hydrogens is 194 g/mol. The monoisotopic (exact) mass is 206 g/mol. The zero-order chi connectivity index (χ0) is 5.11. The van der Waals surface area contributed by atoms with Crippen molar-refractivity contribution in [3.8, 4) is 0 Å². The average molecular weight is 206 g/mol. The quantitative estimate of drug-likeness (QED) is 0.536. The Morgan fingerprint density at radius 3 is 2.38 bits per heavy atom. The summed E-state index contributed by atoms with van der Waals surface area (Å²) < 4.78 is 4.43. The third-order valence-electron chi connectivity index (χ3n) is 1.33. The predicted molar refractivity (Wildman–Crippen MR) is 35.6 cm³/mol.